The van der Waals surface area contributed by atoms with Crippen LogP contribution in [-0.4, -0.2) is 16.8 Å². The molecule has 1 rings (SSSR count). The van der Waals surface area contributed by atoms with Crippen LogP contribution in [0.2, 0.25) is 0 Å². The van der Waals surface area contributed by atoms with E-state index in [1.54, 1.807) is 0 Å². The van der Waals surface area contributed by atoms with Crippen LogP contribution < -0.4 is 4.74 Å². The standard InChI is InChI=1S/C14H19N3O/c1-5-11-12(9-15)14(17-16-13(11)6-2)18-8-7-10(3)4/h3,5-8H2,1-2,4H3. The normalized spacial score (nSPS) is 9.89. The molecule has 0 saturated heterocycles. The number of hydrogen-bond donors (Lipinski definition) is 0. The van der Waals surface area contributed by atoms with Gasteiger partial charge in [0.1, 0.15) is 11.6 Å². The van der Waals surface area contributed by atoms with Gasteiger partial charge in [0, 0.05) is 6.42 Å². The highest BCUT2D eigenvalue weighted by molar-refractivity contribution is 5.46. The fraction of sp³-hybridized carbons (Fsp3) is 0.500. The van der Waals surface area contributed by atoms with Crippen molar-refractivity contribution in [2.24, 2.45) is 0 Å². The first-order valence-corrected chi connectivity index (χ1v) is 6.19. The molecule has 0 spiro atoms. The topological polar surface area (TPSA) is 58.8 Å². The lowest BCUT2D eigenvalue weighted by molar-refractivity contribution is 0.303. The van der Waals surface area contributed by atoms with Gasteiger partial charge in [-0.15, -0.1) is 11.7 Å². The molecule has 0 aliphatic carbocycles. The molecule has 0 bridgehead atoms. The molecule has 0 unspecified atom stereocenters. The van der Waals surface area contributed by atoms with Crippen LogP contribution in [0.4, 0.5) is 0 Å². The molecule has 1 aromatic rings. The smallest absolute Gasteiger partial charge is 0.251 e. The predicted molar refractivity (Wildman–Crippen MR) is 70.4 cm³/mol. The van der Waals surface area contributed by atoms with E-state index < -0.39 is 0 Å². The second kappa shape index (κ2) is 6.75. The lowest BCUT2D eigenvalue weighted by atomic mass is 10.0. The summed E-state index contributed by atoms with van der Waals surface area (Å²) < 4.78 is 5.52. The second-order valence-corrected chi connectivity index (χ2v) is 4.18. The van der Waals surface area contributed by atoms with Crippen molar-refractivity contribution in [2.75, 3.05) is 6.61 Å². The van der Waals surface area contributed by atoms with Crippen molar-refractivity contribution in [1.29, 1.82) is 5.26 Å². The molecular weight excluding hydrogens is 226 g/mol. The van der Waals surface area contributed by atoms with Crippen LogP contribution in [0.3, 0.4) is 0 Å². The van der Waals surface area contributed by atoms with Gasteiger partial charge in [-0.3, -0.25) is 0 Å². The molecule has 0 radical (unpaired) electrons. The number of hydrogen-bond acceptors (Lipinski definition) is 4. The lowest BCUT2D eigenvalue weighted by Crippen LogP contribution is -2.08. The van der Waals surface area contributed by atoms with E-state index in [0.717, 1.165) is 36.1 Å². The van der Waals surface area contributed by atoms with Gasteiger partial charge in [0.05, 0.1) is 12.3 Å². The van der Waals surface area contributed by atoms with Gasteiger partial charge in [-0.25, -0.2) is 0 Å². The van der Waals surface area contributed by atoms with Gasteiger partial charge in [-0.2, -0.15) is 10.4 Å². The van der Waals surface area contributed by atoms with Crippen molar-refractivity contribution in [2.45, 2.75) is 40.0 Å². The highest BCUT2D eigenvalue weighted by atomic mass is 16.5. The maximum absolute atomic E-state index is 9.24. The zero-order chi connectivity index (χ0) is 13.5. The van der Waals surface area contributed by atoms with Gasteiger partial charge in [0.15, 0.2) is 0 Å². The first-order valence-electron chi connectivity index (χ1n) is 6.19. The van der Waals surface area contributed by atoms with Gasteiger partial charge < -0.3 is 4.74 Å². The Kier molecular flexibility index (Phi) is 5.31. The number of nitrogens with zero attached hydrogens (tertiary/aromatic N) is 3. The average molecular weight is 245 g/mol. The van der Waals surface area contributed by atoms with E-state index in [1.807, 2.05) is 20.8 Å². The number of ether oxygens (including phenoxy) is 1. The summed E-state index contributed by atoms with van der Waals surface area (Å²) in [5.74, 6) is 0.341. The fourth-order valence-corrected chi connectivity index (χ4v) is 1.69. The summed E-state index contributed by atoms with van der Waals surface area (Å²) in [5.41, 5.74) is 3.38. The second-order valence-electron chi connectivity index (χ2n) is 4.18. The number of rotatable bonds is 6. The zero-order valence-electron chi connectivity index (χ0n) is 11.3. The SMILES string of the molecule is C=C(C)CCOc1nnc(CC)c(CC)c1C#N. The Morgan fingerprint density at radius 1 is 1.33 bits per heavy atom. The minimum atomic E-state index is 0.341. The summed E-state index contributed by atoms with van der Waals surface area (Å²) in [6, 6.07) is 2.18. The Bertz CT molecular complexity index is 475. The van der Waals surface area contributed by atoms with E-state index in [2.05, 4.69) is 22.8 Å². The molecule has 0 aromatic carbocycles. The van der Waals surface area contributed by atoms with Crippen LogP contribution in [0.1, 0.15) is 44.0 Å². The lowest BCUT2D eigenvalue weighted by Gasteiger charge is -2.11. The zero-order valence-corrected chi connectivity index (χ0v) is 11.3. The minimum Gasteiger partial charge on any atom is -0.475 e. The van der Waals surface area contributed by atoms with Gasteiger partial charge in [-0.05, 0) is 25.3 Å². The van der Waals surface area contributed by atoms with Crippen molar-refractivity contribution in [1.82, 2.24) is 10.2 Å². The van der Waals surface area contributed by atoms with Crippen molar-refractivity contribution in [3.63, 3.8) is 0 Å². The van der Waals surface area contributed by atoms with Crippen molar-refractivity contribution in [3.05, 3.63) is 29.0 Å². The molecule has 0 N–H and O–H groups in total. The number of nitriles is 1. The highest BCUT2D eigenvalue weighted by Crippen LogP contribution is 2.21. The van der Waals surface area contributed by atoms with E-state index >= 15 is 0 Å². The number of aromatic nitrogens is 2. The van der Waals surface area contributed by atoms with Crippen LogP contribution in [-0.2, 0) is 12.8 Å². The Labute approximate surface area is 108 Å². The average Bonchev–Trinajstić information content (AvgIpc) is 2.37. The first-order chi connectivity index (χ1) is 8.63. The van der Waals surface area contributed by atoms with Crippen LogP contribution in [0, 0.1) is 11.3 Å². The Balaban J connectivity index is 2.99. The van der Waals surface area contributed by atoms with E-state index in [0.29, 0.717) is 18.1 Å². The molecule has 0 fully saturated rings. The van der Waals surface area contributed by atoms with Gasteiger partial charge >= 0.3 is 0 Å². The monoisotopic (exact) mass is 245 g/mol. The summed E-state index contributed by atoms with van der Waals surface area (Å²) in [7, 11) is 0. The number of aryl methyl sites for hydroxylation is 1. The molecule has 1 aromatic heterocycles. The van der Waals surface area contributed by atoms with Crippen LogP contribution >= 0.6 is 0 Å². The summed E-state index contributed by atoms with van der Waals surface area (Å²) in [4.78, 5) is 0. The van der Waals surface area contributed by atoms with E-state index in [-0.39, 0.29) is 0 Å². The van der Waals surface area contributed by atoms with Crippen LogP contribution in [0.15, 0.2) is 12.2 Å². The molecule has 0 atom stereocenters. The molecule has 0 aliphatic rings. The maximum atomic E-state index is 9.24. The van der Waals surface area contributed by atoms with Crippen molar-refractivity contribution in [3.8, 4) is 11.9 Å². The Morgan fingerprint density at radius 2 is 2.06 bits per heavy atom. The molecular formula is C14H19N3O. The fourth-order valence-electron chi connectivity index (χ4n) is 1.69. The summed E-state index contributed by atoms with van der Waals surface area (Å²) in [6.45, 7) is 10.2. The van der Waals surface area contributed by atoms with Crippen LogP contribution in [0.25, 0.3) is 0 Å². The summed E-state index contributed by atoms with van der Waals surface area (Å²) in [5, 5.41) is 17.4. The van der Waals surface area contributed by atoms with E-state index in [4.69, 9.17) is 4.74 Å². The Hall–Kier alpha value is -1.89. The van der Waals surface area contributed by atoms with E-state index in [1.165, 1.54) is 0 Å². The van der Waals surface area contributed by atoms with Crippen LogP contribution in [0.5, 0.6) is 5.88 Å². The third-order valence-electron chi connectivity index (χ3n) is 2.69. The molecule has 4 nitrogen and oxygen atoms in total. The third-order valence-corrected chi connectivity index (χ3v) is 2.69. The van der Waals surface area contributed by atoms with E-state index in [9.17, 15) is 5.26 Å². The molecule has 0 saturated carbocycles. The van der Waals surface area contributed by atoms with Gasteiger partial charge in [0.25, 0.3) is 5.88 Å². The van der Waals surface area contributed by atoms with Gasteiger partial charge in [0.2, 0.25) is 0 Å². The largest absolute Gasteiger partial charge is 0.475 e. The van der Waals surface area contributed by atoms with Gasteiger partial charge in [-0.1, -0.05) is 19.4 Å². The first kappa shape index (κ1) is 14.2. The highest BCUT2D eigenvalue weighted by Gasteiger charge is 2.15. The summed E-state index contributed by atoms with van der Waals surface area (Å²) >= 11 is 0. The molecule has 0 amide bonds. The molecule has 4 heteroatoms. The van der Waals surface area contributed by atoms with Crippen molar-refractivity contribution >= 4 is 0 Å². The molecule has 0 aliphatic heterocycles. The maximum Gasteiger partial charge on any atom is 0.251 e. The predicted octanol–water partition coefficient (Wildman–Crippen LogP) is 2.82. The third kappa shape index (κ3) is 3.30. The minimum absolute atomic E-state index is 0.341. The molecule has 1 heterocycles. The Morgan fingerprint density at radius 3 is 2.56 bits per heavy atom. The molecule has 96 valence electrons. The summed E-state index contributed by atoms with van der Waals surface area (Å²) in [6.07, 6.45) is 2.29. The quantitative estimate of drug-likeness (QED) is 0.723. The van der Waals surface area contributed by atoms with Crippen molar-refractivity contribution < 1.29 is 4.74 Å². The molecule has 18 heavy (non-hydrogen) atoms.